The van der Waals surface area contributed by atoms with E-state index in [1.807, 2.05) is 0 Å². The van der Waals surface area contributed by atoms with Crippen molar-refractivity contribution in [2.24, 2.45) is 0 Å². The lowest BCUT2D eigenvalue weighted by Gasteiger charge is -2.26. The third-order valence-corrected chi connectivity index (χ3v) is 3.88. The Morgan fingerprint density at radius 3 is 2.48 bits per heavy atom. The maximum Gasteiger partial charge on any atom is 0.337 e. The summed E-state index contributed by atoms with van der Waals surface area (Å²) in [6.45, 7) is 1.60. The monoisotopic (exact) mass is 317 g/mol. The first-order chi connectivity index (χ1) is 9.53. The average molecular weight is 317 g/mol. The molecular formula is C12H19N3O5S. The van der Waals surface area contributed by atoms with Crippen LogP contribution in [0.4, 0.5) is 0 Å². The van der Waals surface area contributed by atoms with Crippen LogP contribution in [0.15, 0.2) is 23.4 Å². The summed E-state index contributed by atoms with van der Waals surface area (Å²) in [5, 5.41) is 18.5. The average Bonchev–Trinajstić information content (AvgIpc) is 2.35. The van der Waals surface area contributed by atoms with E-state index in [9.17, 15) is 18.3 Å². The molecule has 1 unspecified atom stereocenters. The number of nitrogens with one attached hydrogen (secondary N) is 1. The molecule has 9 heteroatoms. The van der Waals surface area contributed by atoms with Crippen LogP contribution in [0, 0.1) is 0 Å². The standard InChI is InChI=1S/C12H19N3O5S/c1-12(18,8-15(2)3)7-14-21(19,20)10-5-4-9(6-13-10)11(16)17/h4-6,14,18H,7-8H2,1-3H3,(H,16,17). The van der Waals surface area contributed by atoms with Gasteiger partial charge in [0.1, 0.15) is 0 Å². The molecule has 0 aromatic carbocycles. The second-order valence-electron chi connectivity index (χ2n) is 5.25. The summed E-state index contributed by atoms with van der Waals surface area (Å²) in [5.41, 5.74) is -1.34. The molecule has 0 aliphatic heterocycles. The molecule has 0 saturated heterocycles. The lowest BCUT2D eigenvalue weighted by atomic mass is 10.1. The quantitative estimate of drug-likeness (QED) is 0.612. The van der Waals surface area contributed by atoms with Crippen molar-refractivity contribution in [3.8, 4) is 0 Å². The maximum atomic E-state index is 12.0. The van der Waals surface area contributed by atoms with Crippen LogP contribution in [0.25, 0.3) is 0 Å². The predicted octanol–water partition coefficient (Wildman–Crippen LogP) is -0.629. The van der Waals surface area contributed by atoms with Gasteiger partial charge in [-0.15, -0.1) is 0 Å². The minimum Gasteiger partial charge on any atom is -0.478 e. The number of aromatic nitrogens is 1. The van der Waals surface area contributed by atoms with E-state index in [2.05, 4.69) is 9.71 Å². The lowest BCUT2D eigenvalue weighted by molar-refractivity contribution is 0.0386. The van der Waals surface area contributed by atoms with Crippen molar-refractivity contribution in [1.82, 2.24) is 14.6 Å². The molecule has 0 saturated carbocycles. The summed E-state index contributed by atoms with van der Waals surface area (Å²) in [5.74, 6) is -1.19. The number of pyridine rings is 1. The van der Waals surface area contributed by atoms with Crippen LogP contribution in [0.2, 0.25) is 0 Å². The van der Waals surface area contributed by atoms with E-state index in [0.717, 1.165) is 18.3 Å². The molecule has 1 heterocycles. The second-order valence-corrected chi connectivity index (χ2v) is 6.96. The summed E-state index contributed by atoms with van der Waals surface area (Å²) >= 11 is 0. The highest BCUT2D eigenvalue weighted by Crippen LogP contribution is 2.09. The van der Waals surface area contributed by atoms with Gasteiger partial charge in [-0.05, 0) is 33.2 Å². The van der Waals surface area contributed by atoms with Crippen LogP contribution in [0.3, 0.4) is 0 Å². The molecule has 8 nitrogen and oxygen atoms in total. The first-order valence-electron chi connectivity index (χ1n) is 6.10. The van der Waals surface area contributed by atoms with Crippen LogP contribution < -0.4 is 4.72 Å². The smallest absolute Gasteiger partial charge is 0.337 e. The van der Waals surface area contributed by atoms with Crippen LogP contribution in [0.1, 0.15) is 17.3 Å². The van der Waals surface area contributed by atoms with Crippen LogP contribution in [-0.4, -0.2) is 67.3 Å². The van der Waals surface area contributed by atoms with Crippen molar-refractivity contribution < 1.29 is 23.4 Å². The number of aromatic carboxylic acids is 1. The molecule has 118 valence electrons. The molecule has 0 bridgehead atoms. The third-order valence-electron chi connectivity index (χ3n) is 2.56. The van der Waals surface area contributed by atoms with Gasteiger partial charge in [-0.2, -0.15) is 0 Å². The number of aliphatic hydroxyl groups is 1. The summed E-state index contributed by atoms with van der Waals surface area (Å²) < 4.78 is 26.3. The number of likely N-dealkylation sites (N-methyl/N-ethyl adjacent to an activating group) is 1. The highest BCUT2D eigenvalue weighted by molar-refractivity contribution is 7.89. The van der Waals surface area contributed by atoms with Gasteiger partial charge in [0, 0.05) is 19.3 Å². The summed E-state index contributed by atoms with van der Waals surface area (Å²) in [4.78, 5) is 16.0. The Balaban J connectivity index is 2.80. The minimum atomic E-state index is -3.90. The fraction of sp³-hybridized carbons (Fsp3) is 0.500. The van der Waals surface area contributed by atoms with Crippen molar-refractivity contribution >= 4 is 16.0 Å². The van der Waals surface area contributed by atoms with Gasteiger partial charge in [0.25, 0.3) is 10.0 Å². The van der Waals surface area contributed by atoms with E-state index < -0.39 is 21.6 Å². The van der Waals surface area contributed by atoms with Gasteiger partial charge < -0.3 is 15.1 Å². The highest BCUT2D eigenvalue weighted by Gasteiger charge is 2.25. The second kappa shape index (κ2) is 6.48. The van der Waals surface area contributed by atoms with Crippen LogP contribution in [-0.2, 0) is 10.0 Å². The molecule has 0 aliphatic carbocycles. The highest BCUT2D eigenvalue weighted by atomic mass is 32.2. The van der Waals surface area contributed by atoms with Gasteiger partial charge in [0.2, 0.25) is 0 Å². The molecular weight excluding hydrogens is 298 g/mol. The maximum absolute atomic E-state index is 12.0. The van der Waals surface area contributed by atoms with Crippen LogP contribution >= 0.6 is 0 Å². The van der Waals surface area contributed by atoms with Gasteiger partial charge in [-0.1, -0.05) is 0 Å². The number of nitrogens with zero attached hydrogens (tertiary/aromatic N) is 2. The lowest BCUT2D eigenvalue weighted by Crippen LogP contribution is -2.47. The number of sulfonamides is 1. The molecule has 0 radical (unpaired) electrons. The third kappa shape index (κ3) is 5.38. The van der Waals surface area contributed by atoms with Gasteiger partial charge in [0.05, 0.1) is 11.2 Å². The van der Waals surface area contributed by atoms with E-state index in [-0.39, 0.29) is 23.7 Å². The van der Waals surface area contributed by atoms with Crippen molar-refractivity contribution in [3.05, 3.63) is 23.9 Å². The molecule has 1 atom stereocenters. The van der Waals surface area contributed by atoms with E-state index in [1.165, 1.54) is 6.92 Å². The van der Waals surface area contributed by atoms with E-state index >= 15 is 0 Å². The topological polar surface area (TPSA) is 120 Å². The zero-order chi connectivity index (χ0) is 16.3. The Bertz CT molecular complexity index is 596. The predicted molar refractivity (Wildman–Crippen MR) is 75.6 cm³/mol. The molecule has 21 heavy (non-hydrogen) atoms. The Hall–Kier alpha value is -1.55. The SMILES string of the molecule is CN(C)CC(C)(O)CNS(=O)(=O)c1ccc(C(=O)O)cn1. The zero-order valence-electron chi connectivity index (χ0n) is 12.1. The fourth-order valence-corrected chi connectivity index (χ4v) is 2.81. The van der Waals surface area contributed by atoms with E-state index in [4.69, 9.17) is 5.11 Å². The molecule has 1 rings (SSSR count). The molecule has 0 aliphatic rings. The number of hydrogen-bond acceptors (Lipinski definition) is 6. The Labute approximate surface area is 123 Å². The van der Waals surface area contributed by atoms with Crippen LogP contribution in [0.5, 0.6) is 0 Å². The minimum absolute atomic E-state index is 0.103. The Kier molecular flexibility index (Phi) is 5.40. The zero-order valence-corrected chi connectivity index (χ0v) is 12.9. The number of rotatable bonds is 7. The molecule has 0 amide bonds. The number of carboxylic acid groups (broad SMARTS) is 1. The number of carbonyl (C=O) groups is 1. The largest absolute Gasteiger partial charge is 0.478 e. The summed E-state index contributed by atoms with van der Waals surface area (Å²) in [7, 11) is -0.386. The van der Waals surface area contributed by atoms with Gasteiger partial charge in [0.15, 0.2) is 5.03 Å². The number of carboxylic acids is 1. The van der Waals surface area contributed by atoms with Crippen molar-refractivity contribution in [2.75, 3.05) is 27.2 Å². The first-order valence-corrected chi connectivity index (χ1v) is 7.58. The van der Waals surface area contributed by atoms with Gasteiger partial charge in [-0.25, -0.2) is 22.9 Å². The van der Waals surface area contributed by atoms with E-state index in [1.54, 1.807) is 19.0 Å². The molecule has 1 aromatic rings. The van der Waals surface area contributed by atoms with Crippen molar-refractivity contribution in [2.45, 2.75) is 17.6 Å². The number of hydrogen-bond donors (Lipinski definition) is 3. The van der Waals surface area contributed by atoms with Gasteiger partial charge in [-0.3, -0.25) is 0 Å². The molecule has 3 N–H and O–H groups in total. The normalized spacial score (nSPS) is 14.9. The van der Waals surface area contributed by atoms with E-state index in [0.29, 0.717) is 0 Å². The van der Waals surface area contributed by atoms with Crippen molar-refractivity contribution in [3.63, 3.8) is 0 Å². The molecule has 0 spiro atoms. The summed E-state index contributed by atoms with van der Waals surface area (Å²) in [6, 6.07) is 2.26. The Morgan fingerprint density at radius 2 is 2.05 bits per heavy atom. The molecule has 0 fully saturated rings. The fourth-order valence-electron chi connectivity index (χ4n) is 1.73. The first kappa shape index (κ1) is 17.5. The Morgan fingerprint density at radius 1 is 1.43 bits per heavy atom. The molecule has 1 aromatic heterocycles. The van der Waals surface area contributed by atoms with Gasteiger partial charge >= 0.3 is 5.97 Å². The van der Waals surface area contributed by atoms with Crippen molar-refractivity contribution in [1.29, 1.82) is 0 Å². The summed E-state index contributed by atoms with van der Waals surface area (Å²) in [6.07, 6.45) is 0.967.